The van der Waals surface area contributed by atoms with Crippen molar-refractivity contribution < 1.29 is 9.47 Å². The summed E-state index contributed by atoms with van der Waals surface area (Å²) in [5.41, 5.74) is 1.22. The van der Waals surface area contributed by atoms with E-state index < -0.39 is 0 Å². The van der Waals surface area contributed by atoms with E-state index in [1.807, 2.05) is 6.20 Å². The zero-order chi connectivity index (χ0) is 14.4. The first kappa shape index (κ1) is 15.2. The van der Waals surface area contributed by atoms with Crippen molar-refractivity contribution in [3.8, 4) is 0 Å². The lowest BCUT2D eigenvalue weighted by Gasteiger charge is -2.17. The van der Waals surface area contributed by atoms with Gasteiger partial charge in [-0.05, 0) is 24.6 Å². The second kappa shape index (κ2) is 7.57. The number of anilines is 1. The van der Waals surface area contributed by atoms with Crippen LogP contribution in [0.3, 0.4) is 0 Å². The summed E-state index contributed by atoms with van der Waals surface area (Å²) >= 11 is 0. The molecule has 112 valence electrons. The van der Waals surface area contributed by atoms with E-state index in [9.17, 15) is 0 Å². The first-order valence-electron chi connectivity index (χ1n) is 7.24. The molecule has 1 aliphatic rings. The first-order valence-corrected chi connectivity index (χ1v) is 7.24. The van der Waals surface area contributed by atoms with E-state index in [1.165, 1.54) is 5.56 Å². The van der Waals surface area contributed by atoms with Gasteiger partial charge in [0, 0.05) is 40.1 Å². The Balaban J connectivity index is 1.93. The van der Waals surface area contributed by atoms with Gasteiger partial charge in [-0.15, -0.1) is 0 Å². The molecule has 0 saturated carbocycles. The molecule has 0 radical (unpaired) electrons. The monoisotopic (exact) mass is 279 g/mol. The van der Waals surface area contributed by atoms with Gasteiger partial charge in [-0.1, -0.05) is 13.0 Å². The fourth-order valence-corrected chi connectivity index (χ4v) is 2.50. The second-order valence-electron chi connectivity index (χ2n) is 5.15. The van der Waals surface area contributed by atoms with E-state index in [4.69, 9.17) is 9.47 Å². The minimum atomic E-state index is 0.118. The van der Waals surface area contributed by atoms with E-state index in [-0.39, 0.29) is 12.2 Å². The Morgan fingerprint density at radius 3 is 2.45 bits per heavy atom. The van der Waals surface area contributed by atoms with E-state index >= 15 is 0 Å². The van der Waals surface area contributed by atoms with Gasteiger partial charge < -0.3 is 19.7 Å². The van der Waals surface area contributed by atoms with Gasteiger partial charge in [-0.3, -0.25) is 0 Å². The van der Waals surface area contributed by atoms with E-state index in [1.54, 1.807) is 14.2 Å². The maximum atomic E-state index is 5.45. The van der Waals surface area contributed by atoms with E-state index in [0.29, 0.717) is 0 Å². The van der Waals surface area contributed by atoms with Gasteiger partial charge in [-0.25, -0.2) is 4.98 Å². The summed E-state index contributed by atoms with van der Waals surface area (Å²) < 4.78 is 10.9. The minimum absolute atomic E-state index is 0.118. The highest BCUT2D eigenvalue weighted by molar-refractivity contribution is 5.41. The third kappa shape index (κ3) is 3.69. The van der Waals surface area contributed by atoms with Crippen LogP contribution in [0.4, 0.5) is 5.82 Å². The summed E-state index contributed by atoms with van der Waals surface area (Å²) in [6.07, 6.45) is 3.33. The summed E-state index contributed by atoms with van der Waals surface area (Å²) in [5, 5.41) is 3.38. The van der Waals surface area contributed by atoms with Gasteiger partial charge in [0.05, 0.1) is 0 Å². The van der Waals surface area contributed by atoms with Crippen molar-refractivity contribution in [3.05, 3.63) is 23.9 Å². The summed E-state index contributed by atoms with van der Waals surface area (Å²) in [6.45, 7) is 5.74. The molecule has 20 heavy (non-hydrogen) atoms. The van der Waals surface area contributed by atoms with Gasteiger partial charge >= 0.3 is 0 Å². The molecule has 1 fully saturated rings. The molecule has 0 aromatic carbocycles. The fraction of sp³-hybridized carbons (Fsp3) is 0.667. The molecule has 2 atom stereocenters. The number of methoxy groups -OCH3 is 2. The normalized spacial score (nSPS) is 22.4. The number of ether oxygens (including phenoxy) is 2. The largest absolute Gasteiger partial charge is 0.377 e. The van der Waals surface area contributed by atoms with E-state index in [2.05, 4.69) is 34.3 Å². The molecule has 1 aromatic heterocycles. The fourth-order valence-electron chi connectivity index (χ4n) is 2.50. The lowest BCUT2D eigenvalue weighted by atomic mass is 10.2. The van der Waals surface area contributed by atoms with Crippen LogP contribution in [0, 0.1) is 0 Å². The highest BCUT2D eigenvalue weighted by Gasteiger charge is 2.33. The Kier molecular flexibility index (Phi) is 5.76. The molecule has 1 N–H and O–H groups in total. The van der Waals surface area contributed by atoms with Crippen LogP contribution in [-0.2, 0) is 16.0 Å². The number of nitrogens with zero attached hydrogens (tertiary/aromatic N) is 2. The number of hydrogen-bond donors (Lipinski definition) is 1. The van der Waals surface area contributed by atoms with Crippen LogP contribution in [0.5, 0.6) is 0 Å². The van der Waals surface area contributed by atoms with Crippen LogP contribution in [0.1, 0.15) is 18.9 Å². The van der Waals surface area contributed by atoms with Gasteiger partial charge in [0.2, 0.25) is 0 Å². The Morgan fingerprint density at radius 1 is 1.25 bits per heavy atom. The maximum absolute atomic E-state index is 5.45. The Hall–Kier alpha value is -1.17. The Bertz CT molecular complexity index is 385. The van der Waals surface area contributed by atoms with Crippen molar-refractivity contribution in [2.24, 2.45) is 0 Å². The molecule has 1 saturated heterocycles. The van der Waals surface area contributed by atoms with Gasteiger partial charge in [-0.2, -0.15) is 0 Å². The molecule has 2 heterocycles. The molecule has 5 heteroatoms. The maximum Gasteiger partial charge on any atom is 0.128 e. The molecule has 1 aromatic rings. The lowest BCUT2D eigenvalue weighted by molar-refractivity contribution is -0.00461. The number of rotatable bonds is 7. The molecule has 2 rings (SSSR count). The highest BCUT2D eigenvalue weighted by Crippen LogP contribution is 2.21. The summed E-state index contributed by atoms with van der Waals surface area (Å²) in [5.74, 6) is 0.992. The molecular weight excluding hydrogens is 254 g/mol. The van der Waals surface area contributed by atoms with E-state index in [0.717, 1.165) is 38.4 Å². The van der Waals surface area contributed by atoms with Crippen molar-refractivity contribution in [3.63, 3.8) is 0 Å². The predicted molar refractivity (Wildman–Crippen MR) is 80.0 cm³/mol. The molecule has 2 unspecified atom stereocenters. The lowest BCUT2D eigenvalue weighted by Crippen LogP contribution is -2.27. The van der Waals surface area contributed by atoms with Crippen molar-refractivity contribution >= 4 is 5.82 Å². The Morgan fingerprint density at radius 2 is 1.95 bits per heavy atom. The van der Waals surface area contributed by atoms with Crippen LogP contribution in [0.15, 0.2) is 18.3 Å². The van der Waals surface area contributed by atoms with Crippen molar-refractivity contribution in [2.75, 3.05) is 38.8 Å². The van der Waals surface area contributed by atoms with Crippen molar-refractivity contribution in [1.29, 1.82) is 0 Å². The van der Waals surface area contributed by atoms with Gasteiger partial charge in [0.25, 0.3) is 0 Å². The SMILES string of the molecule is CCCNCc1ccc(N2CC(OC)C(OC)C2)nc1. The second-order valence-corrected chi connectivity index (χ2v) is 5.15. The topological polar surface area (TPSA) is 46.6 Å². The molecule has 0 spiro atoms. The third-order valence-electron chi connectivity index (χ3n) is 3.71. The average Bonchev–Trinajstić information content (AvgIpc) is 2.91. The third-order valence-corrected chi connectivity index (χ3v) is 3.71. The average molecular weight is 279 g/mol. The predicted octanol–water partition coefficient (Wildman–Crippen LogP) is 1.43. The van der Waals surface area contributed by atoms with Crippen molar-refractivity contribution in [1.82, 2.24) is 10.3 Å². The molecule has 0 bridgehead atoms. The molecular formula is C15H25N3O2. The molecule has 0 aliphatic carbocycles. The zero-order valence-electron chi connectivity index (χ0n) is 12.6. The summed E-state index contributed by atoms with van der Waals surface area (Å²) in [4.78, 5) is 6.77. The van der Waals surface area contributed by atoms with Crippen LogP contribution >= 0.6 is 0 Å². The smallest absolute Gasteiger partial charge is 0.128 e. The standard InChI is InChI=1S/C15H25N3O2/c1-4-7-16-8-12-5-6-15(17-9-12)18-10-13(19-2)14(11-18)20-3/h5-6,9,13-14,16H,4,7-8,10-11H2,1-3H3. The van der Waals surface area contributed by atoms with Crippen LogP contribution in [-0.4, -0.2) is 51.0 Å². The number of aromatic nitrogens is 1. The summed E-state index contributed by atoms with van der Waals surface area (Å²) in [6, 6.07) is 4.21. The van der Waals surface area contributed by atoms with Crippen LogP contribution in [0.25, 0.3) is 0 Å². The number of nitrogens with one attached hydrogen (secondary N) is 1. The van der Waals surface area contributed by atoms with Crippen LogP contribution in [0.2, 0.25) is 0 Å². The zero-order valence-corrected chi connectivity index (χ0v) is 12.6. The summed E-state index contributed by atoms with van der Waals surface area (Å²) in [7, 11) is 3.46. The minimum Gasteiger partial charge on any atom is -0.377 e. The van der Waals surface area contributed by atoms with Gasteiger partial charge in [0.15, 0.2) is 0 Å². The van der Waals surface area contributed by atoms with Gasteiger partial charge in [0.1, 0.15) is 18.0 Å². The van der Waals surface area contributed by atoms with Crippen molar-refractivity contribution in [2.45, 2.75) is 32.1 Å². The van der Waals surface area contributed by atoms with Crippen LogP contribution < -0.4 is 10.2 Å². The quantitative estimate of drug-likeness (QED) is 0.765. The Labute approximate surface area is 121 Å². The highest BCUT2D eigenvalue weighted by atomic mass is 16.5. The molecule has 1 aliphatic heterocycles. The number of pyridine rings is 1. The first-order chi connectivity index (χ1) is 9.78. The molecule has 5 nitrogen and oxygen atoms in total. The number of hydrogen-bond acceptors (Lipinski definition) is 5. The molecule has 0 amide bonds.